The van der Waals surface area contributed by atoms with Gasteiger partial charge in [0.1, 0.15) is 11.9 Å². The molecule has 0 aliphatic heterocycles. The summed E-state index contributed by atoms with van der Waals surface area (Å²) in [5.41, 5.74) is 2.76. The van der Waals surface area contributed by atoms with Crippen LogP contribution >= 0.6 is 0 Å². The van der Waals surface area contributed by atoms with E-state index >= 15 is 0 Å². The highest BCUT2D eigenvalue weighted by atomic mass is 19.1. The van der Waals surface area contributed by atoms with E-state index < -0.39 is 11.9 Å². The normalized spacial score (nSPS) is 17.1. The van der Waals surface area contributed by atoms with Gasteiger partial charge in [-0.2, -0.15) is 0 Å². The molecular weight excluding hydrogens is 343 g/mol. The minimum atomic E-state index is -0.656. The van der Waals surface area contributed by atoms with Crippen molar-refractivity contribution in [3.63, 3.8) is 0 Å². The minimum Gasteiger partial charge on any atom is -0.347 e. The fourth-order valence-corrected chi connectivity index (χ4v) is 3.53. The smallest absolute Gasteiger partial charge is 0.251 e. The van der Waals surface area contributed by atoms with Crippen molar-refractivity contribution in [2.45, 2.75) is 45.2 Å². The Hall–Kier alpha value is -2.69. The molecule has 0 radical (unpaired) electrons. The molecule has 0 unspecified atom stereocenters. The number of fused-ring (bicyclic) bond motifs is 1. The minimum absolute atomic E-state index is 0.0357. The first-order chi connectivity index (χ1) is 13.0. The molecule has 142 valence electrons. The summed E-state index contributed by atoms with van der Waals surface area (Å²) in [5.74, 6) is -1.05. The van der Waals surface area contributed by atoms with Crippen molar-refractivity contribution < 1.29 is 14.0 Å². The van der Waals surface area contributed by atoms with Gasteiger partial charge >= 0.3 is 0 Å². The van der Waals surface area contributed by atoms with Gasteiger partial charge in [0, 0.05) is 5.56 Å². The molecule has 2 atom stereocenters. The maximum atomic E-state index is 13.1. The maximum Gasteiger partial charge on any atom is 0.251 e. The summed E-state index contributed by atoms with van der Waals surface area (Å²) < 4.78 is 13.1. The summed E-state index contributed by atoms with van der Waals surface area (Å²) in [7, 11) is 0. The number of hydrogen-bond donors (Lipinski definition) is 2. The van der Waals surface area contributed by atoms with Crippen LogP contribution in [0.5, 0.6) is 0 Å². The Morgan fingerprint density at radius 3 is 2.48 bits per heavy atom. The number of amides is 2. The number of hydrogen-bond acceptors (Lipinski definition) is 2. The van der Waals surface area contributed by atoms with Crippen LogP contribution in [0.15, 0.2) is 48.5 Å². The highest BCUT2D eigenvalue weighted by Gasteiger charge is 2.28. The quantitative estimate of drug-likeness (QED) is 0.844. The molecule has 0 heterocycles. The highest BCUT2D eigenvalue weighted by Crippen LogP contribution is 2.29. The summed E-state index contributed by atoms with van der Waals surface area (Å²) >= 11 is 0. The van der Waals surface area contributed by atoms with E-state index in [9.17, 15) is 14.0 Å². The molecule has 0 fully saturated rings. The number of carbonyl (C=O) groups is 2. The van der Waals surface area contributed by atoms with Gasteiger partial charge in [-0.3, -0.25) is 9.59 Å². The summed E-state index contributed by atoms with van der Waals surface area (Å²) in [4.78, 5) is 25.4. The molecular formula is C22H25FN2O2. The van der Waals surface area contributed by atoms with Crippen molar-refractivity contribution in [3.8, 4) is 0 Å². The topological polar surface area (TPSA) is 58.2 Å². The van der Waals surface area contributed by atoms with Gasteiger partial charge in [0.25, 0.3) is 5.91 Å². The van der Waals surface area contributed by atoms with Crippen molar-refractivity contribution >= 4 is 11.8 Å². The maximum absolute atomic E-state index is 13.1. The SMILES string of the molecule is CC(C)[C@H](NC(=O)c1ccc(F)cc1)C(=O)N[C@@H]1CCCc2ccccc21. The Morgan fingerprint density at radius 2 is 1.78 bits per heavy atom. The number of aryl methyl sites for hydroxylation is 1. The number of rotatable bonds is 5. The number of carbonyl (C=O) groups excluding carboxylic acids is 2. The molecule has 0 bridgehead atoms. The van der Waals surface area contributed by atoms with E-state index in [1.807, 2.05) is 26.0 Å². The van der Waals surface area contributed by atoms with E-state index in [-0.39, 0.29) is 23.8 Å². The molecule has 1 aliphatic carbocycles. The second-order valence-corrected chi connectivity index (χ2v) is 7.35. The lowest BCUT2D eigenvalue weighted by Crippen LogP contribution is -2.50. The first-order valence-electron chi connectivity index (χ1n) is 9.40. The predicted molar refractivity (Wildman–Crippen MR) is 103 cm³/mol. The molecule has 2 N–H and O–H groups in total. The number of nitrogens with one attached hydrogen (secondary N) is 2. The van der Waals surface area contributed by atoms with Gasteiger partial charge in [0.05, 0.1) is 6.04 Å². The Balaban J connectivity index is 1.71. The van der Waals surface area contributed by atoms with Gasteiger partial charge in [-0.15, -0.1) is 0 Å². The van der Waals surface area contributed by atoms with Gasteiger partial charge in [0.2, 0.25) is 5.91 Å². The molecule has 4 nitrogen and oxygen atoms in total. The monoisotopic (exact) mass is 368 g/mol. The van der Waals surface area contributed by atoms with Crippen LogP contribution in [0.2, 0.25) is 0 Å². The lowest BCUT2D eigenvalue weighted by molar-refractivity contribution is -0.124. The largest absolute Gasteiger partial charge is 0.347 e. The second-order valence-electron chi connectivity index (χ2n) is 7.35. The molecule has 27 heavy (non-hydrogen) atoms. The van der Waals surface area contributed by atoms with E-state index in [0.29, 0.717) is 5.56 Å². The lowest BCUT2D eigenvalue weighted by atomic mass is 9.87. The van der Waals surface area contributed by atoms with E-state index in [0.717, 1.165) is 24.8 Å². The predicted octanol–water partition coefficient (Wildman–Crippen LogP) is 3.77. The zero-order valence-corrected chi connectivity index (χ0v) is 15.7. The molecule has 2 aromatic rings. The van der Waals surface area contributed by atoms with Crippen LogP contribution in [0.3, 0.4) is 0 Å². The van der Waals surface area contributed by atoms with Gasteiger partial charge in [-0.05, 0) is 60.6 Å². The Morgan fingerprint density at radius 1 is 1.07 bits per heavy atom. The summed E-state index contributed by atoms with van der Waals surface area (Å²) in [6.07, 6.45) is 2.94. The van der Waals surface area contributed by atoms with Crippen LogP contribution in [0.1, 0.15) is 54.2 Å². The first-order valence-corrected chi connectivity index (χ1v) is 9.40. The third kappa shape index (κ3) is 4.54. The highest BCUT2D eigenvalue weighted by molar-refractivity contribution is 5.97. The fraction of sp³-hybridized carbons (Fsp3) is 0.364. The standard InChI is InChI=1S/C22H25FN2O2/c1-14(2)20(25-21(26)16-10-12-17(23)13-11-16)22(27)24-19-9-5-7-15-6-3-4-8-18(15)19/h3-4,6,8,10-14,19-20H,5,7,9H2,1-2H3,(H,24,27)(H,25,26)/t19-,20+/m1/s1. The third-order valence-electron chi connectivity index (χ3n) is 5.03. The van der Waals surface area contributed by atoms with Crippen LogP contribution in [0, 0.1) is 11.7 Å². The van der Waals surface area contributed by atoms with Gasteiger partial charge < -0.3 is 10.6 Å². The molecule has 3 rings (SSSR count). The van der Waals surface area contributed by atoms with Crippen molar-refractivity contribution in [2.75, 3.05) is 0 Å². The van der Waals surface area contributed by atoms with E-state index in [1.54, 1.807) is 0 Å². The Labute approximate surface area is 159 Å². The number of benzene rings is 2. The molecule has 0 saturated carbocycles. The van der Waals surface area contributed by atoms with Crippen molar-refractivity contribution in [3.05, 3.63) is 71.0 Å². The average Bonchev–Trinajstić information content (AvgIpc) is 2.66. The van der Waals surface area contributed by atoms with Gasteiger partial charge in [0.15, 0.2) is 0 Å². The molecule has 2 amide bonds. The van der Waals surface area contributed by atoms with Crippen LogP contribution in [0.4, 0.5) is 4.39 Å². The molecule has 5 heteroatoms. The van der Waals surface area contributed by atoms with Gasteiger partial charge in [-0.1, -0.05) is 38.1 Å². The van der Waals surface area contributed by atoms with Crippen molar-refractivity contribution in [1.82, 2.24) is 10.6 Å². The Kier molecular flexibility index (Phi) is 5.89. The molecule has 1 aliphatic rings. The van der Waals surface area contributed by atoms with Crippen LogP contribution < -0.4 is 10.6 Å². The van der Waals surface area contributed by atoms with Crippen molar-refractivity contribution in [2.24, 2.45) is 5.92 Å². The fourth-order valence-electron chi connectivity index (χ4n) is 3.53. The summed E-state index contributed by atoms with van der Waals surface area (Å²) in [5, 5.41) is 5.90. The molecule has 0 aromatic heterocycles. The number of halogens is 1. The van der Waals surface area contributed by atoms with Crippen molar-refractivity contribution in [1.29, 1.82) is 0 Å². The molecule has 0 spiro atoms. The second kappa shape index (κ2) is 8.33. The zero-order valence-electron chi connectivity index (χ0n) is 15.7. The molecule has 0 saturated heterocycles. The zero-order chi connectivity index (χ0) is 19.4. The van der Waals surface area contributed by atoms with Crippen LogP contribution in [0.25, 0.3) is 0 Å². The first kappa shape index (κ1) is 19.1. The average molecular weight is 368 g/mol. The van der Waals surface area contributed by atoms with Crippen LogP contribution in [-0.4, -0.2) is 17.9 Å². The summed E-state index contributed by atoms with van der Waals surface area (Å²) in [6.45, 7) is 3.79. The third-order valence-corrected chi connectivity index (χ3v) is 5.03. The molecule has 2 aromatic carbocycles. The summed E-state index contributed by atoms with van der Waals surface area (Å²) in [6, 6.07) is 12.8. The van der Waals surface area contributed by atoms with E-state index in [1.165, 1.54) is 29.8 Å². The van der Waals surface area contributed by atoms with E-state index in [2.05, 4.69) is 22.8 Å². The Bertz CT molecular complexity index is 817. The lowest BCUT2D eigenvalue weighted by Gasteiger charge is -2.29. The van der Waals surface area contributed by atoms with Gasteiger partial charge in [-0.25, -0.2) is 4.39 Å². The van der Waals surface area contributed by atoms with E-state index in [4.69, 9.17) is 0 Å². The van der Waals surface area contributed by atoms with Crippen LogP contribution in [-0.2, 0) is 11.2 Å².